The number of nitrogens with two attached hydrogens (primary N) is 1. The van der Waals surface area contributed by atoms with E-state index >= 15 is 0 Å². The van der Waals surface area contributed by atoms with E-state index < -0.39 is 0 Å². The average Bonchev–Trinajstić information content (AvgIpc) is 2.39. The van der Waals surface area contributed by atoms with Gasteiger partial charge in [-0.2, -0.15) is 0 Å². The molecule has 102 valence electrons. The lowest BCUT2D eigenvalue weighted by atomic mass is 10.3. The number of hydrogen-bond donors (Lipinski definition) is 1. The predicted octanol–water partition coefficient (Wildman–Crippen LogP) is 1.63. The minimum Gasteiger partial charge on any atom is -0.477 e. The van der Waals surface area contributed by atoms with Gasteiger partial charge >= 0.3 is 0 Å². The summed E-state index contributed by atoms with van der Waals surface area (Å²) in [5.74, 6) is 0.427. The van der Waals surface area contributed by atoms with Crippen LogP contribution in [-0.4, -0.2) is 38.5 Å². The molecule has 5 nitrogen and oxygen atoms in total. The second kappa shape index (κ2) is 9.10. The Morgan fingerprint density at radius 1 is 1.28 bits per heavy atom. The minimum atomic E-state index is 0.373. The maximum Gasteiger partial charge on any atom is 0.232 e. The zero-order valence-electron chi connectivity index (χ0n) is 10.5. The third-order valence-electron chi connectivity index (χ3n) is 2.26. The molecule has 0 saturated carbocycles. The van der Waals surface area contributed by atoms with Crippen molar-refractivity contribution in [2.45, 2.75) is 13.0 Å². The van der Waals surface area contributed by atoms with E-state index in [0.29, 0.717) is 43.9 Å². The van der Waals surface area contributed by atoms with Crippen molar-refractivity contribution < 1.29 is 14.2 Å². The highest BCUT2D eigenvalue weighted by Crippen LogP contribution is 2.25. The molecule has 0 aliphatic heterocycles. The molecule has 0 bridgehead atoms. The molecule has 0 radical (unpaired) electrons. The van der Waals surface area contributed by atoms with E-state index in [0.717, 1.165) is 12.0 Å². The smallest absolute Gasteiger partial charge is 0.232 e. The van der Waals surface area contributed by atoms with Gasteiger partial charge in [-0.15, -0.1) is 0 Å². The first-order valence-corrected chi connectivity index (χ1v) is 6.20. The number of rotatable bonds is 9. The Kier molecular flexibility index (Phi) is 7.68. The molecule has 0 aliphatic carbocycles. The Balaban J connectivity index is 2.23. The zero-order valence-corrected chi connectivity index (χ0v) is 11.3. The molecule has 0 saturated heterocycles. The molecular weight excluding hydrogens is 256 g/mol. The second-order valence-electron chi connectivity index (χ2n) is 3.60. The van der Waals surface area contributed by atoms with Crippen LogP contribution in [0.4, 0.5) is 0 Å². The number of pyridine rings is 1. The van der Waals surface area contributed by atoms with E-state index in [1.165, 1.54) is 0 Å². The largest absolute Gasteiger partial charge is 0.477 e. The number of halogens is 1. The second-order valence-corrected chi connectivity index (χ2v) is 3.98. The Morgan fingerprint density at radius 2 is 2.11 bits per heavy atom. The van der Waals surface area contributed by atoms with Gasteiger partial charge in [0.15, 0.2) is 0 Å². The van der Waals surface area contributed by atoms with Gasteiger partial charge in [0.2, 0.25) is 5.88 Å². The average molecular weight is 275 g/mol. The van der Waals surface area contributed by atoms with Gasteiger partial charge in [-0.05, 0) is 11.6 Å². The highest BCUT2D eigenvalue weighted by molar-refractivity contribution is 6.32. The lowest BCUT2D eigenvalue weighted by molar-refractivity contribution is 0.0642. The molecule has 0 aromatic carbocycles. The van der Waals surface area contributed by atoms with Gasteiger partial charge in [0.1, 0.15) is 5.02 Å². The van der Waals surface area contributed by atoms with Crippen LogP contribution in [0.25, 0.3) is 0 Å². The van der Waals surface area contributed by atoms with Gasteiger partial charge in [-0.1, -0.05) is 11.6 Å². The minimum absolute atomic E-state index is 0.373. The van der Waals surface area contributed by atoms with Crippen molar-refractivity contribution in [1.82, 2.24) is 4.98 Å². The Labute approximate surface area is 112 Å². The van der Waals surface area contributed by atoms with Gasteiger partial charge in [0.05, 0.1) is 19.8 Å². The first-order valence-electron chi connectivity index (χ1n) is 5.82. The van der Waals surface area contributed by atoms with Crippen molar-refractivity contribution in [3.63, 3.8) is 0 Å². The van der Waals surface area contributed by atoms with Crippen molar-refractivity contribution in [2.75, 3.05) is 33.5 Å². The highest BCUT2D eigenvalue weighted by atomic mass is 35.5. The van der Waals surface area contributed by atoms with E-state index in [4.69, 9.17) is 31.5 Å². The lowest BCUT2D eigenvalue weighted by Crippen LogP contribution is -2.08. The van der Waals surface area contributed by atoms with Crippen LogP contribution in [0, 0.1) is 0 Å². The van der Waals surface area contributed by atoms with Crippen LogP contribution in [0.1, 0.15) is 12.0 Å². The van der Waals surface area contributed by atoms with Gasteiger partial charge in [-0.3, -0.25) is 0 Å². The molecule has 0 fully saturated rings. The molecule has 0 atom stereocenters. The van der Waals surface area contributed by atoms with Crippen LogP contribution in [0.5, 0.6) is 5.88 Å². The molecule has 1 aromatic heterocycles. The van der Waals surface area contributed by atoms with Crippen LogP contribution >= 0.6 is 11.6 Å². The zero-order chi connectivity index (χ0) is 13.2. The SMILES string of the molecule is COCCOCCCOc1nccc(CN)c1Cl. The van der Waals surface area contributed by atoms with Crippen molar-refractivity contribution >= 4 is 11.6 Å². The summed E-state index contributed by atoms with van der Waals surface area (Å²) in [5.41, 5.74) is 6.37. The summed E-state index contributed by atoms with van der Waals surface area (Å²) in [6.07, 6.45) is 2.41. The number of ether oxygens (including phenoxy) is 3. The lowest BCUT2D eigenvalue weighted by Gasteiger charge is -2.09. The summed E-state index contributed by atoms with van der Waals surface area (Å²) in [6, 6.07) is 1.78. The van der Waals surface area contributed by atoms with Crippen LogP contribution in [-0.2, 0) is 16.0 Å². The molecular formula is C12H19ClN2O3. The normalized spacial score (nSPS) is 10.6. The monoisotopic (exact) mass is 274 g/mol. The van der Waals surface area contributed by atoms with E-state index in [2.05, 4.69) is 4.98 Å². The van der Waals surface area contributed by atoms with E-state index in [1.54, 1.807) is 19.4 Å². The summed E-state index contributed by atoms with van der Waals surface area (Å²) < 4.78 is 15.6. The first-order chi connectivity index (χ1) is 8.79. The van der Waals surface area contributed by atoms with Crippen molar-refractivity contribution in [3.05, 3.63) is 22.8 Å². The fourth-order valence-electron chi connectivity index (χ4n) is 1.29. The predicted molar refractivity (Wildman–Crippen MR) is 69.9 cm³/mol. The molecule has 6 heteroatoms. The van der Waals surface area contributed by atoms with Crippen LogP contribution in [0.2, 0.25) is 5.02 Å². The van der Waals surface area contributed by atoms with Gasteiger partial charge < -0.3 is 19.9 Å². The fraction of sp³-hybridized carbons (Fsp3) is 0.583. The van der Waals surface area contributed by atoms with Gasteiger partial charge in [-0.25, -0.2) is 4.98 Å². The topological polar surface area (TPSA) is 66.6 Å². The molecule has 0 aliphatic rings. The Morgan fingerprint density at radius 3 is 2.83 bits per heavy atom. The van der Waals surface area contributed by atoms with E-state index in [1.807, 2.05) is 0 Å². The van der Waals surface area contributed by atoms with Crippen molar-refractivity contribution in [3.8, 4) is 5.88 Å². The number of aromatic nitrogens is 1. The van der Waals surface area contributed by atoms with Crippen LogP contribution in [0.3, 0.4) is 0 Å². The first kappa shape index (κ1) is 15.2. The van der Waals surface area contributed by atoms with Gasteiger partial charge in [0, 0.05) is 32.9 Å². The van der Waals surface area contributed by atoms with E-state index in [-0.39, 0.29) is 0 Å². The molecule has 0 spiro atoms. The summed E-state index contributed by atoms with van der Waals surface area (Å²) in [6.45, 7) is 2.70. The van der Waals surface area contributed by atoms with Crippen LogP contribution < -0.4 is 10.5 Å². The third-order valence-corrected chi connectivity index (χ3v) is 2.67. The maximum atomic E-state index is 6.07. The summed E-state index contributed by atoms with van der Waals surface area (Å²) in [5, 5.41) is 0.486. The molecule has 0 amide bonds. The molecule has 0 unspecified atom stereocenters. The van der Waals surface area contributed by atoms with Crippen molar-refractivity contribution in [1.29, 1.82) is 0 Å². The molecule has 1 rings (SSSR count). The highest BCUT2D eigenvalue weighted by Gasteiger charge is 2.07. The quantitative estimate of drug-likeness (QED) is 0.693. The van der Waals surface area contributed by atoms with Crippen molar-refractivity contribution in [2.24, 2.45) is 5.73 Å². The molecule has 2 N–H and O–H groups in total. The molecule has 1 aromatic rings. The summed E-state index contributed by atoms with van der Waals surface area (Å²) >= 11 is 6.07. The summed E-state index contributed by atoms with van der Waals surface area (Å²) in [7, 11) is 1.64. The number of nitrogens with zero attached hydrogens (tertiary/aromatic N) is 1. The maximum absolute atomic E-state index is 6.07. The Bertz CT molecular complexity index is 350. The van der Waals surface area contributed by atoms with E-state index in [9.17, 15) is 0 Å². The van der Waals surface area contributed by atoms with Crippen LogP contribution in [0.15, 0.2) is 12.3 Å². The number of methoxy groups -OCH3 is 1. The molecule has 1 heterocycles. The Hall–Kier alpha value is -0.880. The third kappa shape index (κ3) is 5.18. The standard InChI is InChI=1S/C12H19ClN2O3/c1-16-7-8-17-5-2-6-18-12-11(13)10(9-14)3-4-15-12/h3-4H,2,5-9,14H2,1H3. The fourth-order valence-corrected chi connectivity index (χ4v) is 1.54. The number of hydrogen-bond acceptors (Lipinski definition) is 5. The van der Waals surface area contributed by atoms with Gasteiger partial charge in [0.25, 0.3) is 0 Å². The summed E-state index contributed by atoms with van der Waals surface area (Å²) in [4.78, 5) is 4.06. The molecule has 18 heavy (non-hydrogen) atoms.